The summed E-state index contributed by atoms with van der Waals surface area (Å²) < 4.78 is 46.2. The molecule has 0 heterocycles. The van der Waals surface area contributed by atoms with E-state index in [2.05, 4.69) is 16.8 Å². The molecule has 0 bridgehead atoms. The first-order valence-electron chi connectivity index (χ1n) is 2.75. The van der Waals surface area contributed by atoms with Gasteiger partial charge in [0, 0.05) is 0 Å². The zero-order chi connectivity index (χ0) is 9.83. The first kappa shape index (κ1) is 11.3. The Morgan fingerprint density at radius 2 is 1.67 bits per heavy atom. The highest BCUT2D eigenvalue weighted by molar-refractivity contribution is 8.01. The second kappa shape index (κ2) is 3.83. The SMILES string of the molecule is C=CCS(=O)(=O)OS(=O)(=O)C=C. The molecule has 0 aliphatic rings. The molecule has 0 aliphatic carbocycles. The number of hydrogen-bond acceptors (Lipinski definition) is 5. The van der Waals surface area contributed by atoms with Crippen LogP contribution in [-0.2, 0) is 23.9 Å². The van der Waals surface area contributed by atoms with E-state index in [0.717, 1.165) is 6.08 Å². The van der Waals surface area contributed by atoms with Gasteiger partial charge in [0.1, 0.15) is 0 Å². The Morgan fingerprint density at radius 3 is 2.00 bits per heavy atom. The van der Waals surface area contributed by atoms with Crippen molar-refractivity contribution in [3.8, 4) is 0 Å². The van der Waals surface area contributed by atoms with E-state index in [4.69, 9.17) is 0 Å². The largest absolute Gasteiger partial charge is 0.303 e. The lowest BCUT2D eigenvalue weighted by Crippen LogP contribution is -2.13. The Bertz CT molecular complexity index is 361. The minimum Gasteiger partial charge on any atom is -0.198 e. The summed E-state index contributed by atoms with van der Waals surface area (Å²) in [6, 6.07) is 0. The fourth-order valence-electron chi connectivity index (χ4n) is 0.344. The van der Waals surface area contributed by atoms with E-state index in [0.29, 0.717) is 5.41 Å². The van der Waals surface area contributed by atoms with E-state index in [9.17, 15) is 16.8 Å². The van der Waals surface area contributed by atoms with Crippen molar-refractivity contribution in [2.45, 2.75) is 0 Å². The molecule has 12 heavy (non-hydrogen) atoms. The van der Waals surface area contributed by atoms with E-state index in [1.165, 1.54) is 0 Å². The maximum absolute atomic E-state index is 10.7. The fourth-order valence-corrected chi connectivity index (χ4v) is 2.23. The van der Waals surface area contributed by atoms with Gasteiger partial charge in [-0.1, -0.05) is 12.7 Å². The number of hydrogen-bond donors (Lipinski definition) is 0. The van der Waals surface area contributed by atoms with Crippen molar-refractivity contribution in [1.29, 1.82) is 0 Å². The lowest BCUT2D eigenvalue weighted by Gasteiger charge is -1.98. The van der Waals surface area contributed by atoms with Gasteiger partial charge in [-0.3, -0.25) is 0 Å². The van der Waals surface area contributed by atoms with E-state index < -0.39 is 26.0 Å². The zero-order valence-corrected chi connectivity index (χ0v) is 7.77. The monoisotopic (exact) mass is 212 g/mol. The molecule has 0 amide bonds. The van der Waals surface area contributed by atoms with E-state index >= 15 is 0 Å². The van der Waals surface area contributed by atoms with Crippen LogP contribution < -0.4 is 0 Å². The quantitative estimate of drug-likeness (QED) is 0.599. The summed E-state index contributed by atoms with van der Waals surface area (Å²) in [4.78, 5) is 0. The van der Waals surface area contributed by atoms with Crippen LogP contribution >= 0.6 is 0 Å². The molecule has 0 aliphatic heterocycles. The minimum absolute atomic E-state index is 0.410. The molecule has 70 valence electrons. The summed E-state index contributed by atoms with van der Waals surface area (Å²) >= 11 is 0. The highest BCUT2D eigenvalue weighted by Gasteiger charge is 2.17. The van der Waals surface area contributed by atoms with Crippen LogP contribution in [0.25, 0.3) is 0 Å². The molecule has 0 aromatic carbocycles. The third kappa shape index (κ3) is 4.27. The molecule has 5 nitrogen and oxygen atoms in total. The Hall–Kier alpha value is -0.660. The molecule has 0 fully saturated rings. The summed E-state index contributed by atoms with van der Waals surface area (Å²) in [5, 5.41) is 0.410. The van der Waals surface area contributed by atoms with Crippen molar-refractivity contribution in [2.75, 3.05) is 5.75 Å². The Morgan fingerprint density at radius 1 is 1.17 bits per heavy atom. The van der Waals surface area contributed by atoms with E-state index in [1.54, 1.807) is 0 Å². The maximum atomic E-state index is 10.7. The molecule has 7 heteroatoms. The van der Waals surface area contributed by atoms with Crippen LogP contribution in [0.15, 0.2) is 24.6 Å². The molecule has 0 aromatic rings. The Kier molecular flexibility index (Phi) is 3.62. The van der Waals surface area contributed by atoms with Gasteiger partial charge in [0.15, 0.2) is 0 Å². The second-order valence-electron chi connectivity index (χ2n) is 1.74. The summed E-state index contributed by atoms with van der Waals surface area (Å²) in [7, 11) is -8.25. The van der Waals surface area contributed by atoms with Gasteiger partial charge in [-0.2, -0.15) is 16.8 Å². The third-order valence-electron chi connectivity index (χ3n) is 0.725. The molecule has 0 unspecified atom stereocenters. The van der Waals surface area contributed by atoms with Gasteiger partial charge >= 0.3 is 10.1 Å². The normalized spacial score (nSPS) is 12.3. The Balaban J connectivity index is 4.69. The van der Waals surface area contributed by atoms with Gasteiger partial charge in [-0.25, -0.2) is 0 Å². The summed E-state index contributed by atoms with van der Waals surface area (Å²) in [5.41, 5.74) is 0. The van der Waals surface area contributed by atoms with Crippen LogP contribution in [0.3, 0.4) is 0 Å². The van der Waals surface area contributed by atoms with Crippen LogP contribution in [-0.4, -0.2) is 22.6 Å². The first-order chi connectivity index (χ1) is 5.33. The van der Waals surface area contributed by atoms with Crippen LogP contribution in [0.2, 0.25) is 0 Å². The molecular weight excluding hydrogens is 204 g/mol. The average molecular weight is 212 g/mol. The molecule has 0 aromatic heterocycles. The smallest absolute Gasteiger partial charge is 0.198 e. The molecule has 0 N–H and O–H groups in total. The lowest BCUT2D eigenvalue weighted by molar-refractivity contribution is 0.471. The summed E-state index contributed by atoms with van der Waals surface area (Å²) in [6.45, 7) is 6.00. The van der Waals surface area contributed by atoms with Crippen molar-refractivity contribution in [1.82, 2.24) is 0 Å². The number of rotatable bonds is 5. The summed E-state index contributed by atoms with van der Waals surface area (Å²) in [6.07, 6.45) is 1.02. The van der Waals surface area contributed by atoms with Gasteiger partial charge in [0.25, 0.3) is 10.1 Å². The summed E-state index contributed by atoms with van der Waals surface area (Å²) in [5.74, 6) is -0.555. The van der Waals surface area contributed by atoms with Gasteiger partial charge in [-0.05, 0) is 0 Å². The second-order valence-corrected chi connectivity index (χ2v) is 5.05. The van der Waals surface area contributed by atoms with E-state index in [1.807, 2.05) is 0 Å². The minimum atomic E-state index is -4.17. The standard InChI is InChI=1S/C5H8O5S2/c1-3-5-12(8,9)10-11(6,7)4-2/h3-4H,1-2,5H2. The first-order valence-corrected chi connectivity index (χ1v) is 5.80. The lowest BCUT2D eigenvalue weighted by atomic mass is 10.8. The fraction of sp³-hybridized carbons (Fsp3) is 0.200. The van der Waals surface area contributed by atoms with Crippen molar-refractivity contribution in [3.05, 3.63) is 24.6 Å². The molecule has 0 rings (SSSR count). The molecule has 0 saturated heterocycles. The Labute approximate surface area is 71.6 Å². The highest BCUT2D eigenvalue weighted by atomic mass is 32.3. The highest BCUT2D eigenvalue weighted by Crippen LogP contribution is 2.02. The van der Waals surface area contributed by atoms with Crippen molar-refractivity contribution in [2.24, 2.45) is 0 Å². The van der Waals surface area contributed by atoms with Crippen LogP contribution in [0.1, 0.15) is 0 Å². The average Bonchev–Trinajstić information content (AvgIpc) is 1.85. The van der Waals surface area contributed by atoms with Gasteiger partial charge in [0.2, 0.25) is 0 Å². The van der Waals surface area contributed by atoms with Crippen molar-refractivity contribution < 1.29 is 20.5 Å². The predicted octanol–water partition coefficient (Wildman–Crippen LogP) is -0.00790. The van der Waals surface area contributed by atoms with Crippen LogP contribution in [0, 0.1) is 0 Å². The van der Waals surface area contributed by atoms with Crippen LogP contribution in [0.5, 0.6) is 0 Å². The molecule has 0 spiro atoms. The third-order valence-corrected chi connectivity index (χ3v) is 3.36. The van der Waals surface area contributed by atoms with Gasteiger partial charge < -0.3 is 0 Å². The predicted molar refractivity (Wildman–Crippen MR) is 44.2 cm³/mol. The van der Waals surface area contributed by atoms with Gasteiger partial charge in [-0.15, -0.1) is 10.2 Å². The van der Waals surface area contributed by atoms with Crippen LogP contribution in [0.4, 0.5) is 0 Å². The molecule has 0 radical (unpaired) electrons. The molecule has 0 saturated carbocycles. The molecular formula is C5H8O5S2. The molecule has 0 atom stereocenters. The zero-order valence-electron chi connectivity index (χ0n) is 6.13. The van der Waals surface area contributed by atoms with Gasteiger partial charge in [0.05, 0.1) is 11.2 Å². The van der Waals surface area contributed by atoms with Crippen molar-refractivity contribution >= 4 is 20.2 Å². The van der Waals surface area contributed by atoms with Crippen molar-refractivity contribution in [3.63, 3.8) is 0 Å². The maximum Gasteiger partial charge on any atom is 0.303 e. The topological polar surface area (TPSA) is 77.5 Å². The van der Waals surface area contributed by atoms with E-state index in [-0.39, 0.29) is 0 Å².